The van der Waals surface area contributed by atoms with E-state index in [-0.39, 0.29) is 24.2 Å². The monoisotopic (exact) mass is 260 g/mol. The van der Waals surface area contributed by atoms with E-state index in [0.29, 0.717) is 5.56 Å². The minimum Gasteiger partial charge on any atom is -0.396 e. The Morgan fingerprint density at radius 2 is 2.26 bits per heavy atom. The zero-order valence-corrected chi connectivity index (χ0v) is 11.6. The van der Waals surface area contributed by atoms with Crippen LogP contribution >= 0.6 is 0 Å². The smallest absolute Gasteiger partial charge is 0.0991 e. The molecule has 2 unspecified atom stereocenters. The predicted molar refractivity (Wildman–Crippen MR) is 73.8 cm³/mol. The summed E-state index contributed by atoms with van der Waals surface area (Å²) in [5, 5.41) is 21.9. The molecular weight excluding hydrogens is 240 g/mol. The standard InChI is InChI=1S/C15H20N2O2/c1-15(2,9-18)14-7-13(19-3)11-6-10(8-16)4-5-12(11)17-14/h4-6,13-14,17-18H,7,9H2,1-3H3. The molecule has 1 aliphatic rings. The van der Waals surface area contributed by atoms with Gasteiger partial charge in [0.25, 0.3) is 0 Å². The molecule has 1 aromatic rings. The van der Waals surface area contributed by atoms with E-state index in [1.54, 1.807) is 13.2 Å². The zero-order chi connectivity index (χ0) is 14.0. The fourth-order valence-electron chi connectivity index (χ4n) is 2.47. The van der Waals surface area contributed by atoms with E-state index < -0.39 is 0 Å². The summed E-state index contributed by atoms with van der Waals surface area (Å²) < 4.78 is 5.56. The molecule has 0 fully saturated rings. The van der Waals surface area contributed by atoms with E-state index >= 15 is 0 Å². The van der Waals surface area contributed by atoms with Crippen molar-refractivity contribution in [1.82, 2.24) is 0 Å². The first-order valence-corrected chi connectivity index (χ1v) is 6.46. The molecule has 2 N–H and O–H groups in total. The lowest BCUT2D eigenvalue weighted by Crippen LogP contribution is -2.42. The van der Waals surface area contributed by atoms with Gasteiger partial charge in [-0.05, 0) is 24.6 Å². The molecule has 0 aliphatic carbocycles. The van der Waals surface area contributed by atoms with E-state index in [9.17, 15) is 5.11 Å². The Labute approximate surface area is 114 Å². The normalized spacial score (nSPS) is 22.3. The molecule has 0 aromatic heterocycles. The largest absolute Gasteiger partial charge is 0.396 e. The van der Waals surface area contributed by atoms with Gasteiger partial charge in [0, 0.05) is 29.8 Å². The number of aliphatic hydroxyl groups excluding tert-OH is 1. The summed E-state index contributed by atoms with van der Waals surface area (Å²) >= 11 is 0. The topological polar surface area (TPSA) is 65.3 Å². The molecule has 0 saturated heterocycles. The molecule has 102 valence electrons. The van der Waals surface area contributed by atoms with Crippen molar-refractivity contribution >= 4 is 5.69 Å². The summed E-state index contributed by atoms with van der Waals surface area (Å²) in [6.07, 6.45) is 0.742. The fraction of sp³-hybridized carbons (Fsp3) is 0.533. The summed E-state index contributed by atoms with van der Waals surface area (Å²) in [5.74, 6) is 0. The summed E-state index contributed by atoms with van der Waals surface area (Å²) in [6, 6.07) is 7.88. The minimum atomic E-state index is -0.220. The summed E-state index contributed by atoms with van der Waals surface area (Å²) in [4.78, 5) is 0. The van der Waals surface area contributed by atoms with Gasteiger partial charge in [-0.3, -0.25) is 0 Å². The van der Waals surface area contributed by atoms with Crippen LogP contribution in [0.3, 0.4) is 0 Å². The SMILES string of the molecule is COC1CC(C(C)(C)CO)Nc2ccc(C#N)cc21. The maximum Gasteiger partial charge on any atom is 0.0991 e. The molecule has 1 heterocycles. The number of hydrogen-bond acceptors (Lipinski definition) is 4. The van der Waals surface area contributed by atoms with E-state index in [0.717, 1.165) is 17.7 Å². The first kappa shape index (κ1) is 13.9. The number of nitriles is 1. The van der Waals surface area contributed by atoms with Gasteiger partial charge in [0.15, 0.2) is 0 Å². The Morgan fingerprint density at radius 1 is 1.53 bits per heavy atom. The number of aliphatic hydroxyl groups is 1. The Balaban J connectivity index is 2.37. The van der Waals surface area contributed by atoms with E-state index in [1.165, 1.54) is 0 Å². The fourth-order valence-corrected chi connectivity index (χ4v) is 2.47. The average molecular weight is 260 g/mol. The molecule has 0 spiro atoms. The lowest BCUT2D eigenvalue weighted by atomic mass is 9.78. The molecule has 1 aromatic carbocycles. The highest BCUT2D eigenvalue weighted by Crippen LogP contribution is 2.40. The van der Waals surface area contributed by atoms with Crippen LogP contribution in [0.15, 0.2) is 18.2 Å². The highest BCUT2D eigenvalue weighted by Gasteiger charge is 2.36. The van der Waals surface area contributed by atoms with Crippen LogP contribution in [-0.2, 0) is 4.74 Å². The second-order valence-electron chi connectivity index (χ2n) is 5.72. The van der Waals surface area contributed by atoms with Crippen LogP contribution in [0.2, 0.25) is 0 Å². The van der Waals surface area contributed by atoms with E-state index in [2.05, 4.69) is 11.4 Å². The molecule has 0 saturated carbocycles. The van der Waals surface area contributed by atoms with Crippen molar-refractivity contribution in [1.29, 1.82) is 5.26 Å². The third-order valence-electron chi connectivity index (χ3n) is 3.94. The second kappa shape index (κ2) is 5.20. The van der Waals surface area contributed by atoms with Crippen molar-refractivity contribution in [3.05, 3.63) is 29.3 Å². The highest BCUT2D eigenvalue weighted by molar-refractivity contribution is 5.58. The van der Waals surface area contributed by atoms with Crippen LogP contribution in [0, 0.1) is 16.7 Å². The third-order valence-corrected chi connectivity index (χ3v) is 3.94. The number of nitrogens with zero attached hydrogens (tertiary/aromatic N) is 1. The molecule has 4 heteroatoms. The maximum absolute atomic E-state index is 9.51. The van der Waals surface area contributed by atoms with Crippen LogP contribution in [0.25, 0.3) is 0 Å². The number of rotatable bonds is 3. The minimum absolute atomic E-state index is 0.0413. The molecule has 1 aliphatic heterocycles. The first-order valence-electron chi connectivity index (χ1n) is 6.46. The Morgan fingerprint density at radius 3 is 2.84 bits per heavy atom. The molecule has 2 rings (SSSR count). The van der Waals surface area contributed by atoms with Gasteiger partial charge >= 0.3 is 0 Å². The van der Waals surface area contributed by atoms with Crippen molar-refractivity contribution in [2.75, 3.05) is 19.0 Å². The lowest BCUT2D eigenvalue weighted by molar-refractivity contribution is 0.0570. The van der Waals surface area contributed by atoms with Gasteiger partial charge in [0.05, 0.1) is 24.3 Å². The van der Waals surface area contributed by atoms with Crippen molar-refractivity contribution < 1.29 is 9.84 Å². The first-order chi connectivity index (χ1) is 9.01. The Hall–Kier alpha value is -1.57. The number of ether oxygens (including phenoxy) is 1. The summed E-state index contributed by atoms with van der Waals surface area (Å²) in [5.41, 5.74) is 2.43. The van der Waals surface area contributed by atoms with Crippen LogP contribution in [0.4, 0.5) is 5.69 Å². The van der Waals surface area contributed by atoms with Crippen molar-refractivity contribution in [3.8, 4) is 6.07 Å². The molecule has 0 radical (unpaired) electrons. The van der Waals surface area contributed by atoms with Gasteiger partial charge in [-0.1, -0.05) is 13.8 Å². The summed E-state index contributed by atoms with van der Waals surface area (Å²) in [7, 11) is 1.68. The molecular formula is C15H20N2O2. The molecule has 0 bridgehead atoms. The molecule has 4 nitrogen and oxygen atoms in total. The second-order valence-corrected chi connectivity index (χ2v) is 5.72. The van der Waals surface area contributed by atoms with Gasteiger partial charge in [-0.15, -0.1) is 0 Å². The molecule has 0 amide bonds. The number of benzene rings is 1. The number of methoxy groups -OCH3 is 1. The van der Waals surface area contributed by atoms with Crippen molar-refractivity contribution in [2.24, 2.45) is 5.41 Å². The zero-order valence-electron chi connectivity index (χ0n) is 11.6. The van der Waals surface area contributed by atoms with Crippen LogP contribution in [-0.4, -0.2) is 24.9 Å². The number of nitrogens with one attached hydrogen (secondary N) is 1. The van der Waals surface area contributed by atoms with Gasteiger partial charge in [-0.2, -0.15) is 5.26 Å². The van der Waals surface area contributed by atoms with E-state index in [1.807, 2.05) is 26.0 Å². The number of anilines is 1. The number of hydrogen-bond donors (Lipinski definition) is 2. The van der Waals surface area contributed by atoms with Gasteiger partial charge in [0.1, 0.15) is 0 Å². The quantitative estimate of drug-likeness (QED) is 0.876. The molecule has 19 heavy (non-hydrogen) atoms. The Kier molecular flexibility index (Phi) is 3.79. The third kappa shape index (κ3) is 2.58. The maximum atomic E-state index is 9.51. The van der Waals surface area contributed by atoms with Crippen LogP contribution in [0.5, 0.6) is 0 Å². The molecule has 2 atom stereocenters. The predicted octanol–water partition coefficient (Wildman–Crippen LogP) is 2.45. The van der Waals surface area contributed by atoms with Gasteiger partial charge < -0.3 is 15.2 Å². The Bertz CT molecular complexity index is 505. The van der Waals surface area contributed by atoms with E-state index in [4.69, 9.17) is 10.00 Å². The number of fused-ring (bicyclic) bond motifs is 1. The van der Waals surface area contributed by atoms with Gasteiger partial charge in [-0.25, -0.2) is 0 Å². The summed E-state index contributed by atoms with van der Waals surface area (Å²) in [6.45, 7) is 4.19. The van der Waals surface area contributed by atoms with Crippen LogP contribution in [0.1, 0.15) is 37.5 Å². The van der Waals surface area contributed by atoms with Crippen molar-refractivity contribution in [2.45, 2.75) is 32.4 Å². The van der Waals surface area contributed by atoms with Gasteiger partial charge in [0.2, 0.25) is 0 Å². The lowest BCUT2D eigenvalue weighted by Gasteiger charge is -2.40. The van der Waals surface area contributed by atoms with Crippen LogP contribution < -0.4 is 5.32 Å². The average Bonchev–Trinajstić information content (AvgIpc) is 2.45. The van der Waals surface area contributed by atoms with Crippen molar-refractivity contribution in [3.63, 3.8) is 0 Å². The highest BCUT2D eigenvalue weighted by atomic mass is 16.5.